The van der Waals surface area contributed by atoms with Gasteiger partial charge in [0.25, 0.3) is 5.69 Å². The molecule has 2 bridgehead atoms. The molecule has 1 aromatic carbocycles. The first-order chi connectivity index (χ1) is 9.30. The van der Waals surface area contributed by atoms with Gasteiger partial charge in [0.15, 0.2) is 0 Å². The zero-order chi connectivity index (χ0) is 14.7. The molecule has 0 saturated heterocycles. The van der Waals surface area contributed by atoms with Gasteiger partial charge in [-0.25, -0.2) is 0 Å². The van der Waals surface area contributed by atoms with E-state index in [0.717, 1.165) is 0 Å². The number of benzene rings is 1. The lowest BCUT2D eigenvalue weighted by Gasteiger charge is -2.16. The molecule has 0 spiro atoms. The third kappa shape index (κ3) is 1.72. The van der Waals surface area contributed by atoms with Crippen molar-refractivity contribution in [3.05, 3.63) is 39.4 Å². The SMILES string of the molecule is O=C([C@@H]1[C@@H]2CC[C@@H]1c1cc([N+](=O)[O-])ccc12)C(F)(F)F. The molecule has 0 radical (unpaired) electrons. The van der Waals surface area contributed by atoms with E-state index in [2.05, 4.69) is 0 Å². The Labute approximate surface area is 111 Å². The summed E-state index contributed by atoms with van der Waals surface area (Å²) in [5.74, 6) is -3.80. The lowest BCUT2D eigenvalue weighted by atomic mass is 9.90. The van der Waals surface area contributed by atoms with E-state index in [-0.39, 0.29) is 5.69 Å². The average molecular weight is 285 g/mol. The number of nitro groups is 1. The third-order valence-electron chi connectivity index (χ3n) is 4.32. The highest BCUT2D eigenvalue weighted by Gasteiger charge is 2.56. The molecule has 4 nitrogen and oxygen atoms in total. The maximum Gasteiger partial charge on any atom is 0.450 e. The third-order valence-corrected chi connectivity index (χ3v) is 4.32. The van der Waals surface area contributed by atoms with Crippen LogP contribution in [0, 0.1) is 16.0 Å². The van der Waals surface area contributed by atoms with E-state index in [1.807, 2.05) is 0 Å². The molecule has 0 aromatic heterocycles. The molecule has 106 valence electrons. The molecular weight excluding hydrogens is 275 g/mol. The summed E-state index contributed by atoms with van der Waals surface area (Å²) in [5.41, 5.74) is 1.06. The molecule has 1 fully saturated rings. The smallest absolute Gasteiger partial charge is 0.289 e. The number of carbonyl (C=O) groups is 1. The van der Waals surface area contributed by atoms with Gasteiger partial charge in [-0.3, -0.25) is 14.9 Å². The van der Waals surface area contributed by atoms with Crippen LogP contribution in [0.15, 0.2) is 18.2 Å². The predicted octanol–water partition coefficient (Wildman–Crippen LogP) is 3.32. The molecule has 7 heteroatoms. The number of rotatable bonds is 2. The number of carbonyl (C=O) groups excluding carboxylic acids is 1. The highest BCUT2D eigenvalue weighted by Crippen LogP contribution is 2.59. The van der Waals surface area contributed by atoms with Gasteiger partial charge in [0.1, 0.15) is 0 Å². The van der Waals surface area contributed by atoms with Gasteiger partial charge in [0.2, 0.25) is 5.78 Å². The summed E-state index contributed by atoms with van der Waals surface area (Å²) < 4.78 is 37.9. The Kier molecular flexibility index (Phi) is 2.64. The van der Waals surface area contributed by atoms with Crippen molar-refractivity contribution >= 4 is 11.5 Å². The summed E-state index contributed by atoms with van der Waals surface area (Å²) in [5, 5.41) is 10.7. The highest BCUT2D eigenvalue weighted by molar-refractivity contribution is 5.89. The van der Waals surface area contributed by atoms with Gasteiger partial charge < -0.3 is 0 Å². The number of halogens is 3. The number of fused-ring (bicyclic) bond motifs is 5. The normalized spacial score (nSPS) is 27.4. The second-order valence-corrected chi connectivity index (χ2v) is 5.25. The van der Waals surface area contributed by atoms with E-state index in [0.29, 0.717) is 24.0 Å². The lowest BCUT2D eigenvalue weighted by molar-refractivity contribution is -0.384. The van der Waals surface area contributed by atoms with E-state index < -0.39 is 34.6 Å². The zero-order valence-electron chi connectivity index (χ0n) is 10.2. The van der Waals surface area contributed by atoms with Crippen molar-refractivity contribution in [3.8, 4) is 0 Å². The topological polar surface area (TPSA) is 60.2 Å². The zero-order valence-corrected chi connectivity index (χ0v) is 10.2. The number of Topliss-reactive ketones (excluding diaryl/α,β-unsaturated/α-hetero) is 1. The van der Waals surface area contributed by atoms with Crippen LogP contribution in [0.4, 0.5) is 18.9 Å². The van der Waals surface area contributed by atoms with Crippen LogP contribution in [0.2, 0.25) is 0 Å². The van der Waals surface area contributed by atoms with Crippen LogP contribution in [0.5, 0.6) is 0 Å². The minimum Gasteiger partial charge on any atom is -0.289 e. The Bertz CT molecular complexity index is 611. The Morgan fingerprint density at radius 3 is 2.35 bits per heavy atom. The van der Waals surface area contributed by atoms with Crippen LogP contribution < -0.4 is 0 Å². The van der Waals surface area contributed by atoms with Gasteiger partial charge in [-0.15, -0.1) is 0 Å². The summed E-state index contributed by atoms with van der Waals surface area (Å²) in [6, 6.07) is 4.10. The summed E-state index contributed by atoms with van der Waals surface area (Å²) in [6.45, 7) is 0. The molecule has 0 unspecified atom stereocenters. The summed E-state index contributed by atoms with van der Waals surface area (Å²) >= 11 is 0. The molecule has 3 atom stereocenters. The molecule has 0 aliphatic heterocycles. The molecule has 0 N–H and O–H groups in total. The van der Waals surface area contributed by atoms with Crippen LogP contribution in [-0.2, 0) is 4.79 Å². The maximum absolute atomic E-state index is 12.6. The molecule has 0 amide bonds. The van der Waals surface area contributed by atoms with Crippen LogP contribution in [0.25, 0.3) is 0 Å². The van der Waals surface area contributed by atoms with Gasteiger partial charge in [0, 0.05) is 18.1 Å². The van der Waals surface area contributed by atoms with Crippen molar-refractivity contribution in [2.45, 2.75) is 30.9 Å². The average Bonchev–Trinajstić information content (AvgIpc) is 2.92. The monoisotopic (exact) mass is 285 g/mol. The van der Waals surface area contributed by atoms with Crippen molar-refractivity contribution in [3.63, 3.8) is 0 Å². The maximum atomic E-state index is 12.6. The Morgan fingerprint density at radius 1 is 1.20 bits per heavy atom. The molecule has 2 aliphatic rings. The molecule has 3 rings (SSSR count). The fourth-order valence-corrected chi connectivity index (χ4v) is 3.59. The molecule has 2 aliphatic carbocycles. The minimum absolute atomic E-state index is 0.144. The molecule has 0 heterocycles. The van der Waals surface area contributed by atoms with Crippen molar-refractivity contribution in [2.24, 2.45) is 5.92 Å². The first-order valence-corrected chi connectivity index (χ1v) is 6.20. The van der Waals surface area contributed by atoms with Gasteiger partial charge in [-0.1, -0.05) is 6.07 Å². The molecular formula is C13H10F3NO3. The fourth-order valence-electron chi connectivity index (χ4n) is 3.59. The summed E-state index contributed by atoms with van der Waals surface area (Å²) in [7, 11) is 0. The predicted molar refractivity (Wildman–Crippen MR) is 62.4 cm³/mol. The Hall–Kier alpha value is -1.92. The number of hydrogen-bond donors (Lipinski definition) is 0. The van der Waals surface area contributed by atoms with E-state index in [9.17, 15) is 28.1 Å². The first kappa shape index (κ1) is 13.1. The van der Waals surface area contributed by atoms with Crippen molar-refractivity contribution < 1.29 is 22.9 Å². The number of nitrogens with zero attached hydrogens (tertiary/aromatic N) is 1. The number of hydrogen-bond acceptors (Lipinski definition) is 3. The van der Waals surface area contributed by atoms with Gasteiger partial charge in [-0.05, 0) is 35.8 Å². The van der Waals surface area contributed by atoms with E-state index in [1.165, 1.54) is 18.2 Å². The second kappa shape index (κ2) is 4.04. The van der Waals surface area contributed by atoms with E-state index in [1.54, 1.807) is 0 Å². The highest BCUT2D eigenvalue weighted by atomic mass is 19.4. The number of alkyl halides is 3. The summed E-state index contributed by atoms with van der Waals surface area (Å²) in [4.78, 5) is 21.7. The lowest BCUT2D eigenvalue weighted by Crippen LogP contribution is -2.32. The standard InChI is InChI=1S/C13H10F3NO3/c14-13(15,16)12(18)11-8-3-4-9(11)10-5-6(17(19)20)1-2-7(8)10/h1-2,5,8-9,11H,3-4H2/t8-,9-,11-/m1/s1. The van der Waals surface area contributed by atoms with Crippen molar-refractivity contribution in [1.29, 1.82) is 0 Å². The van der Waals surface area contributed by atoms with E-state index >= 15 is 0 Å². The van der Waals surface area contributed by atoms with Crippen molar-refractivity contribution in [1.82, 2.24) is 0 Å². The van der Waals surface area contributed by atoms with E-state index in [4.69, 9.17) is 0 Å². The Morgan fingerprint density at radius 2 is 1.80 bits per heavy atom. The molecule has 1 saturated carbocycles. The first-order valence-electron chi connectivity index (χ1n) is 6.20. The minimum atomic E-state index is -4.85. The largest absolute Gasteiger partial charge is 0.450 e. The van der Waals surface area contributed by atoms with Gasteiger partial charge >= 0.3 is 6.18 Å². The van der Waals surface area contributed by atoms with Gasteiger partial charge in [0.05, 0.1) is 4.92 Å². The van der Waals surface area contributed by atoms with Crippen LogP contribution in [0.1, 0.15) is 35.8 Å². The Balaban J connectivity index is 2.02. The van der Waals surface area contributed by atoms with Gasteiger partial charge in [-0.2, -0.15) is 13.2 Å². The molecule has 20 heavy (non-hydrogen) atoms. The fraction of sp³-hybridized carbons (Fsp3) is 0.462. The van der Waals surface area contributed by atoms with Crippen LogP contribution in [0.3, 0.4) is 0 Å². The second-order valence-electron chi connectivity index (χ2n) is 5.25. The summed E-state index contributed by atoms with van der Waals surface area (Å²) in [6.07, 6.45) is -3.84. The molecule has 1 aromatic rings. The quantitative estimate of drug-likeness (QED) is 0.618. The number of non-ortho nitro benzene ring substituents is 1. The van der Waals surface area contributed by atoms with Crippen molar-refractivity contribution in [2.75, 3.05) is 0 Å². The number of ketones is 1. The van der Waals surface area contributed by atoms with Crippen LogP contribution in [-0.4, -0.2) is 16.9 Å². The van der Waals surface area contributed by atoms with Crippen LogP contribution >= 0.6 is 0 Å². The number of nitro benzene ring substituents is 1.